The van der Waals surface area contributed by atoms with Gasteiger partial charge in [-0.15, -0.1) is 0 Å². The van der Waals surface area contributed by atoms with Crippen molar-refractivity contribution in [1.29, 1.82) is 5.26 Å². The zero-order valence-electron chi connectivity index (χ0n) is 14.8. The summed E-state index contributed by atoms with van der Waals surface area (Å²) in [6.45, 7) is 5.89. The van der Waals surface area contributed by atoms with Crippen molar-refractivity contribution in [2.24, 2.45) is 0 Å². The summed E-state index contributed by atoms with van der Waals surface area (Å²) in [5, 5.41) is 22.8. The quantitative estimate of drug-likeness (QED) is 0.370. The number of nitrogens with one attached hydrogen (secondary N) is 1. The first-order valence-electron chi connectivity index (χ1n) is 8.10. The number of nitriles is 1. The molecule has 0 radical (unpaired) electrons. The molecule has 2 rings (SSSR count). The van der Waals surface area contributed by atoms with Gasteiger partial charge in [0.2, 0.25) is 0 Å². The van der Waals surface area contributed by atoms with Crippen LogP contribution in [0.15, 0.2) is 48.0 Å². The van der Waals surface area contributed by atoms with Gasteiger partial charge in [0, 0.05) is 12.1 Å². The lowest BCUT2D eigenvalue weighted by atomic mass is 10.0. The first kappa shape index (κ1) is 18.9. The van der Waals surface area contributed by atoms with Crippen molar-refractivity contribution in [2.75, 3.05) is 5.32 Å². The SMILES string of the molecule is Cc1ccc([N+](=O)[O-])cc1NC(=O)C(C#N)=Cc1ccc(C(C)C)cc1. The van der Waals surface area contributed by atoms with E-state index < -0.39 is 10.8 Å². The third kappa shape index (κ3) is 4.54. The molecule has 6 heteroatoms. The van der Waals surface area contributed by atoms with Crippen LogP contribution in [0.25, 0.3) is 6.08 Å². The lowest BCUT2D eigenvalue weighted by molar-refractivity contribution is -0.384. The van der Waals surface area contributed by atoms with Crippen LogP contribution in [-0.4, -0.2) is 10.8 Å². The Labute approximate surface area is 151 Å². The van der Waals surface area contributed by atoms with Crippen molar-refractivity contribution >= 4 is 23.4 Å². The number of aryl methyl sites for hydroxylation is 1. The van der Waals surface area contributed by atoms with E-state index >= 15 is 0 Å². The molecule has 0 aliphatic carbocycles. The summed E-state index contributed by atoms with van der Waals surface area (Å²) in [4.78, 5) is 22.7. The Morgan fingerprint density at radius 3 is 2.42 bits per heavy atom. The standard InChI is InChI=1S/C20H19N3O3/c1-13(2)16-7-5-15(6-8-16)10-17(12-21)20(24)22-19-11-18(23(25)26)9-4-14(19)3/h4-11,13H,1-3H3,(H,22,24). The van der Waals surface area contributed by atoms with Crippen LogP contribution < -0.4 is 5.32 Å². The number of nitro benzene ring substituents is 1. The van der Waals surface area contributed by atoms with Crippen LogP contribution in [0.5, 0.6) is 0 Å². The van der Waals surface area contributed by atoms with Crippen LogP contribution in [0.4, 0.5) is 11.4 Å². The highest BCUT2D eigenvalue weighted by molar-refractivity contribution is 6.10. The van der Waals surface area contributed by atoms with E-state index in [9.17, 15) is 20.2 Å². The van der Waals surface area contributed by atoms with E-state index in [0.29, 0.717) is 17.2 Å². The van der Waals surface area contributed by atoms with E-state index in [0.717, 1.165) is 11.1 Å². The van der Waals surface area contributed by atoms with Crippen molar-refractivity contribution in [2.45, 2.75) is 26.7 Å². The van der Waals surface area contributed by atoms with Crippen LogP contribution in [0, 0.1) is 28.4 Å². The molecule has 6 nitrogen and oxygen atoms in total. The van der Waals surface area contributed by atoms with Gasteiger partial charge >= 0.3 is 0 Å². The zero-order chi connectivity index (χ0) is 19.3. The van der Waals surface area contributed by atoms with Gasteiger partial charge < -0.3 is 5.32 Å². The van der Waals surface area contributed by atoms with Crippen LogP contribution in [-0.2, 0) is 4.79 Å². The Morgan fingerprint density at radius 2 is 1.88 bits per heavy atom. The van der Waals surface area contributed by atoms with Gasteiger partial charge in [-0.2, -0.15) is 5.26 Å². The predicted octanol–water partition coefficient (Wildman–Crippen LogP) is 4.57. The lowest BCUT2D eigenvalue weighted by Crippen LogP contribution is -2.14. The number of non-ortho nitro benzene ring substituents is 1. The van der Waals surface area contributed by atoms with Gasteiger partial charge in [-0.05, 0) is 35.6 Å². The molecule has 0 saturated carbocycles. The fourth-order valence-electron chi connectivity index (χ4n) is 2.34. The van der Waals surface area contributed by atoms with Crippen molar-refractivity contribution in [3.05, 3.63) is 74.8 Å². The molecule has 0 aromatic heterocycles. The molecule has 2 aromatic rings. The van der Waals surface area contributed by atoms with E-state index in [1.165, 1.54) is 18.2 Å². The number of amides is 1. The smallest absolute Gasteiger partial charge is 0.271 e. The minimum absolute atomic E-state index is 0.0757. The molecule has 1 amide bonds. The second kappa shape index (κ2) is 8.08. The summed E-state index contributed by atoms with van der Waals surface area (Å²) < 4.78 is 0. The van der Waals surface area contributed by atoms with Crippen molar-refractivity contribution in [3.8, 4) is 6.07 Å². The fourth-order valence-corrected chi connectivity index (χ4v) is 2.34. The predicted molar refractivity (Wildman–Crippen MR) is 101 cm³/mol. The Kier molecular flexibility index (Phi) is 5.86. The number of anilines is 1. The van der Waals surface area contributed by atoms with Crippen molar-refractivity contribution < 1.29 is 9.72 Å². The van der Waals surface area contributed by atoms with Gasteiger partial charge in [0.1, 0.15) is 11.6 Å². The molecule has 2 aromatic carbocycles. The number of nitro groups is 1. The molecule has 0 aliphatic rings. The van der Waals surface area contributed by atoms with E-state index in [4.69, 9.17) is 0 Å². The molecule has 0 spiro atoms. The molecule has 0 heterocycles. The van der Waals surface area contributed by atoms with Gasteiger partial charge in [0.25, 0.3) is 11.6 Å². The summed E-state index contributed by atoms with van der Waals surface area (Å²) in [6, 6.07) is 13.7. The van der Waals surface area contributed by atoms with E-state index in [2.05, 4.69) is 19.2 Å². The van der Waals surface area contributed by atoms with Gasteiger partial charge in [0.15, 0.2) is 0 Å². The molecule has 0 bridgehead atoms. The number of carbonyl (C=O) groups is 1. The highest BCUT2D eigenvalue weighted by Crippen LogP contribution is 2.23. The Hall–Kier alpha value is -3.46. The molecule has 0 atom stereocenters. The maximum Gasteiger partial charge on any atom is 0.271 e. The van der Waals surface area contributed by atoms with Gasteiger partial charge in [-0.3, -0.25) is 14.9 Å². The van der Waals surface area contributed by atoms with Crippen LogP contribution >= 0.6 is 0 Å². The topological polar surface area (TPSA) is 96.0 Å². The number of hydrogen-bond donors (Lipinski definition) is 1. The number of nitrogens with zero attached hydrogens (tertiary/aromatic N) is 2. The molecular formula is C20H19N3O3. The third-order valence-electron chi connectivity index (χ3n) is 3.96. The van der Waals surface area contributed by atoms with E-state index in [1.807, 2.05) is 30.3 Å². The van der Waals surface area contributed by atoms with Crippen molar-refractivity contribution in [3.63, 3.8) is 0 Å². The van der Waals surface area contributed by atoms with Crippen molar-refractivity contribution in [1.82, 2.24) is 0 Å². The van der Waals surface area contributed by atoms with Gasteiger partial charge in [-0.25, -0.2) is 0 Å². The second-order valence-electron chi connectivity index (χ2n) is 6.20. The largest absolute Gasteiger partial charge is 0.321 e. The first-order chi connectivity index (χ1) is 12.3. The summed E-state index contributed by atoms with van der Waals surface area (Å²) in [5.74, 6) is -0.215. The highest BCUT2D eigenvalue weighted by Gasteiger charge is 2.14. The second-order valence-corrected chi connectivity index (χ2v) is 6.20. The number of carbonyl (C=O) groups excluding carboxylic acids is 1. The van der Waals surface area contributed by atoms with Crippen LogP contribution in [0.2, 0.25) is 0 Å². The summed E-state index contributed by atoms with van der Waals surface area (Å²) >= 11 is 0. The normalized spacial score (nSPS) is 11.1. The molecule has 0 aliphatic heterocycles. The highest BCUT2D eigenvalue weighted by atomic mass is 16.6. The van der Waals surface area contributed by atoms with E-state index in [-0.39, 0.29) is 11.3 Å². The minimum atomic E-state index is -0.607. The number of hydrogen-bond acceptors (Lipinski definition) is 4. The Bertz CT molecular complexity index is 907. The zero-order valence-corrected chi connectivity index (χ0v) is 14.8. The average Bonchev–Trinajstić information content (AvgIpc) is 2.61. The molecule has 0 saturated heterocycles. The lowest BCUT2D eigenvalue weighted by Gasteiger charge is -2.08. The molecule has 132 valence electrons. The average molecular weight is 349 g/mol. The fraction of sp³-hybridized carbons (Fsp3) is 0.200. The monoisotopic (exact) mass is 349 g/mol. The number of benzene rings is 2. The summed E-state index contributed by atoms with van der Waals surface area (Å²) in [5.41, 5.74) is 2.67. The summed E-state index contributed by atoms with van der Waals surface area (Å²) in [6.07, 6.45) is 1.49. The maximum atomic E-state index is 12.4. The molecule has 26 heavy (non-hydrogen) atoms. The van der Waals surface area contributed by atoms with Gasteiger partial charge in [0.05, 0.1) is 10.6 Å². The minimum Gasteiger partial charge on any atom is -0.321 e. The molecule has 0 unspecified atom stereocenters. The third-order valence-corrected chi connectivity index (χ3v) is 3.96. The maximum absolute atomic E-state index is 12.4. The van der Waals surface area contributed by atoms with Gasteiger partial charge in [-0.1, -0.05) is 44.2 Å². The van der Waals surface area contributed by atoms with E-state index in [1.54, 1.807) is 13.0 Å². The number of rotatable bonds is 5. The van der Waals surface area contributed by atoms with Crippen LogP contribution in [0.1, 0.15) is 36.5 Å². The molecular weight excluding hydrogens is 330 g/mol. The van der Waals surface area contributed by atoms with Crippen LogP contribution in [0.3, 0.4) is 0 Å². The molecule has 0 fully saturated rings. The summed E-state index contributed by atoms with van der Waals surface area (Å²) in [7, 11) is 0. The molecule has 1 N–H and O–H groups in total. The Morgan fingerprint density at radius 1 is 1.23 bits per heavy atom. The first-order valence-corrected chi connectivity index (χ1v) is 8.10. The Balaban J connectivity index is 2.25.